The highest BCUT2D eigenvalue weighted by atomic mass is 35.5. The average molecular weight is 493 g/mol. The van der Waals surface area contributed by atoms with Gasteiger partial charge in [-0.1, -0.05) is 49.3 Å². The van der Waals surface area contributed by atoms with Crippen molar-refractivity contribution >= 4 is 50.0 Å². The summed E-state index contributed by atoms with van der Waals surface area (Å²) in [4.78, 5) is 18.9. The van der Waals surface area contributed by atoms with Crippen LogP contribution in [0.3, 0.4) is 0 Å². The van der Waals surface area contributed by atoms with Gasteiger partial charge in [0, 0.05) is 16.2 Å². The number of sulfone groups is 1. The second kappa shape index (κ2) is 9.08. The molecule has 0 bridgehead atoms. The number of aliphatic imine (C=N–C) groups is 1. The molecule has 2 heterocycles. The molecule has 0 aromatic heterocycles. The third-order valence-corrected chi connectivity index (χ3v) is 9.15. The van der Waals surface area contributed by atoms with Gasteiger partial charge >= 0.3 is 0 Å². The van der Waals surface area contributed by atoms with Crippen LogP contribution in [0.2, 0.25) is 5.02 Å². The van der Waals surface area contributed by atoms with Gasteiger partial charge in [-0.2, -0.15) is 4.99 Å². The fraction of sp³-hybridized carbons (Fsp3) is 0.391. The van der Waals surface area contributed by atoms with Gasteiger partial charge in [-0.15, -0.1) is 0 Å². The Morgan fingerprint density at radius 2 is 2.06 bits per heavy atom. The van der Waals surface area contributed by atoms with Gasteiger partial charge in [-0.3, -0.25) is 4.79 Å². The molecule has 2 fully saturated rings. The monoisotopic (exact) mass is 492 g/mol. The number of carbonyl (C=O) groups excluding carboxylic acids is 1. The number of anilines is 1. The molecule has 4 rings (SSSR count). The number of fused-ring (bicyclic) bond motifs is 1. The van der Waals surface area contributed by atoms with Crippen LogP contribution in [-0.4, -0.2) is 42.3 Å². The lowest BCUT2D eigenvalue weighted by atomic mass is 10.1. The van der Waals surface area contributed by atoms with E-state index in [1.807, 2.05) is 49.9 Å². The minimum Gasteiger partial charge on any atom is -0.455 e. The van der Waals surface area contributed by atoms with Gasteiger partial charge < -0.3 is 9.64 Å². The summed E-state index contributed by atoms with van der Waals surface area (Å²) in [6.45, 7) is 5.76. The first-order valence-electron chi connectivity index (χ1n) is 10.5. The first-order chi connectivity index (χ1) is 15.2. The van der Waals surface area contributed by atoms with Crippen LogP contribution in [0.25, 0.3) is 0 Å². The Bertz CT molecular complexity index is 1180. The van der Waals surface area contributed by atoms with Crippen LogP contribution < -0.4 is 9.64 Å². The van der Waals surface area contributed by atoms with Crippen molar-refractivity contribution in [2.24, 2.45) is 10.9 Å². The molecule has 6 nitrogen and oxygen atoms in total. The topological polar surface area (TPSA) is 76.0 Å². The number of thioether (sulfide) groups is 1. The summed E-state index contributed by atoms with van der Waals surface area (Å²) >= 11 is 7.68. The summed E-state index contributed by atoms with van der Waals surface area (Å²) in [7, 11) is -3.18. The SMILES string of the molecule is CC[C@H](C)C(=O)N=C1S[C@H]2CS(=O)(=O)C[C@H]2N1c1cc(Cl)ccc1Oc1cccc(C)c1. The minimum absolute atomic E-state index is 0.00237. The molecule has 0 saturated carbocycles. The molecule has 32 heavy (non-hydrogen) atoms. The molecule has 1 amide bonds. The summed E-state index contributed by atoms with van der Waals surface area (Å²) in [5.41, 5.74) is 1.66. The number of carbonyl (C=O) groups is 1. The van der Waals surface area contributed by atoms with Crippen molar-refractivity contribution < 1.29 is 17.9 Å². The number of nitrogens with zero attached hydrogens (tertiary/aromatic N) is 2. The van der Waals surface area contributed by atoms with Gasteiger partial charge in [0.2, 0.25) is 0 Å². The van der Waals surface area contributed by atoms with Crippen LogP contribution in [0.1, 0.15) is 25.8 Å². The number of benzene rings is 2. The first kappa shape index (κ1) is 23.1. The molecule has 0 radical (unpaired) electrons. The number of rotatable bonds is 5. The van der Waals surface area contributed by atoms with E-state index in [9.17, 15) is 13.2 Å². The number of aryl methyl sites for hydroxylation is 1. The fourth-order valence-corrected chi connectivity index (χ4v) is 7.87. The van der Waals surface area contributed by atoms with E-state index in [1.165, 1.54) is 11.8 Å². The lowest BCUT2D eigenvalue weighted by Crippen LogP contribution is -2.38. The zero-order chi connectivity index (χ0) is 23.0. The standard InChI is InChI=1S/C23H25ClN2O4S2/c1-4-15(3)22(27)25-23-26(19-12-32(28,29)13-21(19)31-23)18-11-16(24)8-9-20(18)30-17-7-5-6-14(2)10-17/h5-11,15,19,21H,4,12-13H2,1-3H3/t15-,19+,21-/m0/s1. The lowest BCUT2D eigenvalue weighted by Gasteiger charge is -2.27. The molecule has 9 heteroatoms. The smallest absolute Gasteiger partial charge is 0.250 e. The Balaban J connectivity index is 1.79. The van der Waals surface area contributed by atoms with Crippen LogP contribution in [0.5, 0.6) is 11.5 Å². The zero-order valence-corrected chi connectivity index (χ0v) is 20.5. The van der Waals surface area contributed by atoms with Crippen molar-refractivity contribution in [2.45, 2.75) is 38.5 Å². The third-order valence-electron chi connectivity index (χ3n) is 5.70. The predicted molar refractivity (Wildman–Crippen MR) is 131 cm³/mol. The van der Waals surface area contributed by atoms with Crippen molar-refractivity contribution in [3.63, 3.8) is 0 Å². The summed E-state index contributed by atoms with van der Waals surface area (Å²) in [5, 5.41) is 0.782. The van der Waals surface area contributed by atoms with E-state index in [1.54, 1.807) is 18.2 Å². The summed E-state index contributed by atoms with van der Waals surface area (Å²) in [5.74, 6) is 0.809. The maximum absolute atomic E-state index is 12.6. The molecule has 170 valence electrons. The summed E-state index contributed by atoms with van der Waals surface area (Å²) in [6.07, 6.45) is 0.681. The van der Waals surface area contributed by atoms with Gasteiger partial charge in [0.05, 0.1) is 23.2 Å². The van der Waals surface area contributed by atoms with E-state index in [4.69, 9.17) is 16.3 Å². The molecule has 0 unspecified atom stereocenters. The Labute approximate surface area is 197 Å². The molecular weight excluding hydrogens is 468 g/mol. The van der Waals surface area contributed by atoms with Gasteiger partial charge in [-0.25, -0.2) is 8.42 Å². The van der Waals surface area contributed by atoms with Crippen molar-refractivity contribution in [1.29, 1.82) is 0 Å². The van der Waals surface area contributed by atoms with Crippen LogP contribution >= 0.6 is 23.4 Å². The van der Waals surface area contributed by atoms with Gasteiger partial charge in [0.15, 0.2) is 20.8 Å². The minimum atomic E-state index is -3.18. The maximum Gasteiger partial charge on any atom is 0.250 e. The molecule has 2 aliphatic rings. The second-order valence-electron chi connectivity index (χ2n) is 8.24. The molecule has 3 atom stereocenters. The summed E-state index contributed by atoms with van der Waals surface area (Å²) in [6, 6.07) is 12.5. The van der Waals surface area contributed by atoms with Crippen molar-refractivity contribution in [3.05, 3.63) is 53.1 Å². The highest BCUT2D eigenvalue weighted by molar-refractivity contribution is 8.16. The number of hydrogen-bond donors (Lipinski definition) is 0. The normalized spacial score (nSPS) is 23.9. The highest BCUT2D eigenvalue weighted by Gasteiger charge is 2.50. The Morgan fingerprint density at radius 3 is 2.78 bits per heavy atom. The molecular formula is C23H25ClN2O4S2. The van der Waals surface area contributed by atoms with E-state index in [2.05, 4.69) is 4.99 Å². The molecule has 2 aliphatic heterocycles. The lowest BCUT2D eigenvalue weighted by molar-refractivity contribution is -0.121. The third kappa shape index (κ3) is 4.82. The van der Waals surface area contributed by atoms with Crippen LogP contribution in [0, 0.1) is 12.8 Å². The molecule has 0 spiro atoms. The maximum atomic E-state index is 12.6. The van der Waals surface area contributed by atoms with E-state index in [0.717, 1.165) is 5.56 Å². The predicted octanol–water partition coefficient (Wildman–Crippen LogP) is 5.09. The quantitative estimate of drug-likeness (QED) is 0.578. The Morgan fingerprint density at radius 1 is 1.28 bits per heavy atom. The average Bonchev–Trinajstić information content (AvgIpc) is 3.19. The van der Waals surface area contributed by atoms with Gasteiger partial charge in [0.1, 0.15) is 5.75 Å². The second-order valence-corrected chi connectivity index (χ2v) is 12.0. The summed E-state index contributed by atoms with van der Waals surface area (Å²) < 4.78 is 30.9. The number of halogens is 1. The molecule has 2 aromatic carbocycles. The number of hydrogen-bond acceptors (Lipinski definition) is 5. The van der Waals surface area contributed by atoms with Gasteiger partial charge in [-0.05, 0) is 49.2 Å². The van der Waals surface area contributed by atoms with Crippen LogP contribution in [-0.2, 0) is 14.6 Å². The van der Waals surface area contributed by atoms with Crippen LogP contribution in [0.15, 0.2) is 47.5 Å². The number of amides is 1. The van der Waals surface area contributed by atoms with Gasteiger partial charge in [0.25, 0.3) is 5.91 Å². The molecule has 0 N–H and O–H groups in total. The van der Waals surface area contributed by atoms with E-state index in [-0.39, 0.29) is 34.6 Å². The van der Waals surface area contributed by atoms with E-state index < -0.39 is 9.84 Å². The number of amidine groups is 1. The van der Waals surface area contributed by atoms with Crippen molar-refractivity contribution in [1.82, 2.24) is 0 Å². The van der Waals surface area contributed by atoms with Crippen LogP contribution in [0.4, 0.5) is 5.69 Å². The molecule has 2 aromatic rings. The fourth-order valence-electron chi connectivity index (χ4n) is 3.80. The number of ether oxygens (including phenoxy) is 1. The molecule has 2 saturated heterocycles. The van der Waals surface area contributed by atoms with E-state index in [0.29, 0.717) is 33.8 Å². The highest BCUT2D eigenvalue weighted by Crippen LogP contribution is 2.45. The largest absolute Gasteiger partial charge is 0.455 e. The first-order valence-corrected chi connectivity index (χ1v) is 13.6. The Hall–Kier alpha value is -2.03. The Kier molecular flexibility index (Phi) is 6.56. The van der Waals surface area contributed by atoms with Crippen molar-refractivity contribution in [2.75, 3.05) is 16.4 Å². The molecule has 0 aliphatic carbocycles. The zero-order valence-electron chi connectivity index (χ0n) is 18.1. The van der Waals surface area contributed by atoms with E-state index >= 15 is 0 Å². The van der Waals surface area contributed by atoms with Crippen molar-refractivity contribution in [3.8, 4) is 11.5 Å².